The minimum Gasteiger partial charge on any atom is -0.496 e. The number of ether oxygens (including phenoxy) is 1. The highest BCUT2D eigenvalue weighted by molar-refractivity contribution is 5.67. The third-order valence-electron chi connectivity index (χ3n) is 3.64. The molecule has 0 aliphatic carbocycles. The minimum atomic E-state index is 0.792. The van der Waals surface area contributed by atoms with E-state index in [1.807, 2.05) is 12.1 Å². The average molecular weight is 299 g/mol. The number of aromatic nitrogens is 1. The molecule has 1 aromatic heterocycles. The van der Waals surface area contributed by atoms with Crippen LogP contribution in [0.4, 0.5) is 17.3 Å². The first-order valence-electron chi connectivity index (χ1n) is 7.89. The SMILES string of the molecule is CCNc1cc(OC)cc(Nc2c(CC)cccc2CC)n1. The maximum absolute atomic E-state index is 5.37. The molecule has 4 nitrogen and oxygen atoms in total. The summed E-state index contributed by atoms with van der Waals surface area (Å²) in [6.07, 6.45) is 1.97. The summed E-state index contributed by atoms with van der Waals surface area (Å²) in [4.78, 5) is 4.61. The van der Waals surface area contributed by atoms with Crippen LogP contribution < -0.4 is 15.4 Å². The van der Waals surface area contributed by atoms with E-state index >= 15 is 0 Å². The number of methoxy groups -OCH3 is 1. The fourth-order valence-electron chi connectivity index (χ4n) is 2.49. The molecule has 2 N–H and O–H groups in total. The van der Waals surface area contributed by atoms with Crippen molar-refractivity contribution in [2.75, 3.05) is 24.3 Å². The zero-order valence-corrected chi connectivity index (χ0v) is 13.9. The second-order valence-corrected chi connectivity index (χ2v) is 5.09. The summed E-state index contributed by atoms with van der Waals surface area (Å²) in [7, 11) is 1.67. The number of benzene rings is 1. The topological polar surface area (TPSA) is 46.2 Å². The summed E-state index contributed by atoms with van der Waals surface area (Å²) in [5.74, 6) is 2.41. The van der Waals surface area contributed by atoms with Crippen molar-refractivity contribution in [2.45, 2.75) is 33.6 Å². The lowest BCUT2D eigenvalue weighted by Crippen LogP contribution is -2.05. The van der Waals surface area contributed by atoms with Gasteiger partial charge in [-0.15, -0.1) is 0 Å². The average Bonchev–Trinajstić information content (AvgIpc) is 2.55. The first-order chi connectivity index (χ1) is 10.7. The fourth-order valence-corrected chi connectivity index (χ4v) is 2.49. The van der Waals surface area contributed by atoms with Gasteiger partial charge in [-0.1, -0.05) is 32.0 Å². The molecule has 118 valence electrons. The maximum atomic E-state index is 5.37. The molecule has 0 spiro atoms. The molecule has 0 saturated carbocycles. The van der Waals surface area contributed by atoms with Crippen molar-refractivity contribution in [3.63, 3.8) is 0 Å². The summed E-state index contributed by atoms with van der Waals surface area (Å²) in [6, 6.07) is 10.3. The number of rotatable bonds is 7. The number of hydrogen-bond donors (Lipinski definition) is 2. The summed E-state index contributed by atoms with van der Waals surface area (Å²) < 4.78 is 5.37. The lowest BCUT2D eigenvalue weighted by molar-refractivity contribution is 0.415. The molecule has 0 atom stereocenters. The molecule has 0 saturated heterocycles. The molecule has 2 rings (SSSR count). The smallest absolute Gasteiger partial charge is 0.136 e. The van der Waals surface area contributed by atoms with E-state index in [0.29, 0.717) is 0 Å². The van der Waals surface area contributed by atoms with Gasteiger partial charge in [-0.2, -0.15) is 0 Å². The molecule has 22 heavy (non-hydrogen) atoms. The van der Waals surface area contributed by atoms with Crippen LogP contribution >= 0.6 is 0 Å². The molecular formula is C18H25N3O. The van der Waals surface area contributed by atoms with Crippen LogP contribution in [0.2, 0.25) is 0 Å². The van der Waals surface area contributed by atoms with Crippen LogP contribution in [-0.4, -0.2) is 18.6 Å². The monoisotopic (exact) mass is 299 g/mol. The van der Waals surface area contributed by atoms with Gasteiger partial charge in [0, 0.05) is 24.4 Å². The van der Waals surface area contributed by atoms with E-state index in [1.54, 1.807) is 7.11 Å². The first kappa shape index (κ1) is 16.1. The van der Waals surface area contributed by atoms with E-state index in [1.165, 1.54) is 11.1 Å². The van der Waals surface area contributed by atoms with Crippen molar-refractivity contribution in [3.8, 4) is 5.75 Å². The molecule has 1 heterocycles. The molecule has 0 unspecified atom stereocenters. The number of para-hydroxylation sites is 1. The zero-order valence-electron chi connectivity index (χ0n) is 13.9. The van der Waals surface area contributed by atoms with Crippen LogP contribution in [0.25, 0.3) is 0 Å². The van der Waals surface area contributed by atoms with Gasteiger partial charge in [0.1, 0.15) is 17.4 Å². The van der Waals surface area contributed by atoms with E-state index in [2.05, 4.69) is 54.6 Å². The van der Waals surface area contributed by atoms with E-state index in [9.17, 15) is 0 Å². The van der Waals surface area contributed by atoms with Gasteiger partial charge in [0.25, 0.3) is 0 Å². The largest absolute Gasteiger partial charge is 0.496 e. The lowest BCUT2D eigenvalue weighted by Gasteiger charge is -2.16. The van der Waals surface area contributed by atoms with Gasteiger partial charge in [0.2, 0.25) is 0 Å². The fraction of sp³-hybridized carbons (Fsp3) is 0.389. The second kappa shape index (κ2) is 7.69. The van der Waals surface area contributed by atoms with Crippen LogP contribution in [0.1, 0.15) is 31.9 Å². The predicted molar refractivity (Wildman–Crippen MR) is 93.4 cm³/mol. The van der Waals surface area contributed by atoms with Crippen LogP contribution in [0.3, 0.4) is 0 Å². The molecule has 0 amide bonds. The van der Waals surface area contributed by atoms with Crippen molar-refractivity contribution in [1.82, 2.24) is 4.98 Å². The Morgan fingerprint density at radius 1 is 1.00 bits per heavy atom. The lowest BCUT2D eigenvalue weighted by atomic mass is 10.0. The van der Waals surface area contributed by atoms with Crippen molar-refractivity contribution < 1.29 is 4.74 Å². The van der Waals surface area contributed by atoms with Gasteiger partial charge < -0.3 is 15.4 Å². The van der Waals surface area contributed by atoms with Gasteiger partial charge >= 0.3 is 0 Å². The minimum absolute atomic E-state index is 0.792. The molecule has 0 fully saturated rings. The van der Waals surface area contributed by atoms with E-state index in [-0.39, 0.29) is 0 Å². The molecule has 0 aliphatic rings. The molecule has 4 heteroatoms. The Balaban J connectivity index is 2.40. The third-order valence-corrected chi connectivity index (χ3v) is 3.64. The van der Waals surface area contributed by atoms with Gasteiger partial charge in [-0.05, 0) is 30.9 Å². The van der Waals surface area contributed by atoms with Crippen molar-refractivity contribution in [2.24, 2.45) is 0 Å². The number of hydrogen-bond acceptors (Lipinski definition) is 4. The molecular weight excluding hydrogens is 274 g/mol. The highest BCUT2D eigenvalue weighted by atomic mass is 16.5. The molecule has 0 radical (unpaired) electrons. The maximum Gasteiger partial charge on any atom is 0.136 e. The van der Waals surface area contributed by atoms with Gasteiger partial charge in [0.15, 0.2) is 0 Å². The number of pyridine rings is 1. The Bertz CT molecular complexity index is 603. The van der Waals surface area contributed by atoms with Crippen molar-refractivity contribution >= 4 is 17.3 Å². The quantitative estimate of drug-likeness (QED) is 0.796. The second-order valence-electron chi connectivity index (χ2n) is 5.09. The molecule has 0 aliphatic heterocycles. The summed E-state index contributed by atoms with van der Waals surface area (Å²) in [5, 5.41) is 6.72. The van der Waals surface area contributed by atoms with Crippen LogP contribution in [-0.2, 0) is 12.8 Å². The Kier molecular flexibility index (Phi) is 5.64. The van der Waals surface area contributed by atoms with Crippen molar-refractivity contribution in [1.29, 1.82) is 0 Å². The Morgan fingerprint density at radius 3 is 2.18 bits per heavy atom. The summed E-state index contributed by atoms with van der Waals surface area (Å²) in [5.41, 5.74) is 3.76. The highest BCUT2D eigenvalue weighted by Crippen LogP contribution is 2.28. The third kappa shape index (κ3) is 3.70. The van der Waals surface area contributed by atoms with Crippen molar-refractivity contribution in [3.05, 3.63) is 41.5 Å². The zero-order chi connectivity index (χ0) is 15.9. The Labute approximate surface area is 132 Å². The Morgan fingerprint density at radius 2 is 1.64 bits per heavy atom. The van der Waals surface area contributed by atoms with Gasteiger partial charge in [0.05, 0.1) is 7.11 Å². The first-order valence-corrected chi connectivity index (χ1v) is 7.89. The molecule has 2 aromatic rings. The number of aryl methyl sites for hydroxylation is 2. The number of anilines is 3. The van der Waals surface area contributed by atoms with Crippen LogP contribution in [0, 0.1) is 0 Å². The summed E-state index contributed by atoms with van der Waals surface area (Å²) >= 11 is 0. The number of nitrogens with one attached hydrogen (secondary N) is 2. The normalized spacial score (nSPS) is 10.4. The summed E-state index contributed by atoms with van der Waals surface area (Å²) in [6.45, 7) is 7.22. The molecule has 1 aromatic carbocycles. The van der Waals surface area contributed by atoms with Crippen LogP contribution in [0.15, 0.2) is 30.3 Å². The van der Waals surface area contributed by atoms with Crippen LogP contribution in [0.5, 0.6) is 5.75 Å². The highest BCUT2D eigenvalue weighted by Gasteiger charge is 2.09. The van der Waals surface area contributed by atoms with Gasteiger partial charge in [-0.3, -0.25) is 0 Å². The van der Waals surface area contributed by atoms with E-state index in [4.69, 9.17) is 4.74 Å². The predicted octanol–water partition coefficient (Wildman–Crippen LogP) is 4.39. The standard InChI is InChI=1S/C18H25N3O/c1-5-13-9-8-10-14(6-2)18(13)21-17-12-15(22-4)11-16(20-17)19-7-3/h8-12H,5-7H2,1-4H3,(H2,19,20,21). The van der Waals surface area contributed by atoms with Gasteiger partial charge in [-0.25, -0.2) is 4.98 Å². The molecule has 0 bridgehead atoms. The number of nitrogens with zero attached hydrogens (tertiary/aromatic N) is 1. The van der Waals surface area contributed by atoms with E-state index in [0.717, 1.165) is 42.5 Å². The Hall–Kier alpha value is -2.23. The van der Waals surface area contributed by atoms with E-state index < -0.39 is 0 Å².